The number of anilines is 1. The SMILES string of the molecule is NC1CCNc2ccc(F)c(Cl)c21. The fourth-order valence-electron chi connectivity index (χ4n) is 1.59. The third-order valence-corrected chi connectivity index (χ3v) is 2.66. The van der Waals surface area contributed by atoms with Gasteiger partial charge >= 0.3 is 0 Å². The standard InChI is InChI=1S/C9H10ClFN2/c10-9-5(11)1-2-7-8(9)6(12)3-4-13-7/h1-2,6,13H,3-4,12H2. The van der Waals surface area contributed by atoms with Crippen molar-refractivity contribution >= 4 is 17.3 Å². The number of nitrogens with two attached hydrogens (primary N) is 1. The van der Waals surface area contributed by atoms with Crippen LogP contribution in [0.3, 0.4) is 0 Å². The molecule has 1 heterocycles. The lowest BCUT2D eigenvalue weighted by molar-refractivity contribution is 0.608. The van der Waals surface area contributed by atoms with Crippen molar-refractivity contribution in [1.82, 2.24) is 0 Å². The molecule has 1 aliphatic rings. The van der Waals surface area contributed by atoms with Crippen molar-refractivity contribution in [3.8, 4) is 0 Å². The molecule has 0 aromatic heterocycles. The van der Waals surface area contributed by atoms with Crippen molar-refractivity contribution < 1.29 is 4.39 Å². The van der Waals surface area contributed by atoms with E-state index in [1.807, 2.05) is 0 Å². The molecule has 13 heavy (non-hydrogen) atoms. The van der Waals surface area contributed by atoms with Gasteiger partial charge in [0, 0.05) is 23.8 Å². The number of nitrogens with one attached hydrogen (secondary N) is 1. The second-order valence-corrected chi connectivity index (χ2v) is 3.52. The summed E-state index contributed by atoms with van der Waals surface area (Å²) in [5, 5.41) is 3.28. The van der Waals surface area contributed by atoms with E-state index < -0.39 is 5.82 Å². The van der Waals surface area contributed by atoms with E-state index in [0.29, 0.717) is 5.56 Å². The van der Waals surface area contributed by atoms with Gasteiger partial charge in [-0.15, -0.1) is 0 Å². The highest BCUT2D eigenvalue weighted by atomic mass is 35.5. The summed E-state index contributed by atoms with van der Waals surface area (Å²) in [5.74, 6) is -0.403. The molecular formula is C9H10ClFN2. The number of fused-ring (bicyclic) bond motifs is 1. The van der Waals surface area contributed by atoms with E-state index in [0.717, 1.165) is 18.7 Å². The molecule has 2 nitrogen and oxygen atoms in total. The Morgan fingerprint density at radius 1 is 1.54 bits per heavy atom. The van der Waals surface area contributed by atoms with E-state index in [9.17, 15) is 4.39 Å². The van der Waals surface area contributed by atoms with Crippen molar-refractivity contribution in [2.45, 2.75) is 12.5 Å². The zero-order valence-electron chi connectivity index (χ0n) is 6.98. The van der Waals surface area contributed by atoms with Gasteiger partial charge in [-0.25, -0.2) is 4.39 Å². The molecule has 0 radical (unpaired) electrons. The lowest BCUT2D eigenvalue weighted by Crippen LogP contribution is -2.23. The summed E-state index contributed by atoms with van der Waals surface area (Å²) in [6.45, 7) is 0.816. The number of hydrogen-bond donors (Lipinski definition) is 2. The zero-order valence-corrected chi connectivity index (χ0v) is 7.74. The molecule has 0 amide bonds. The third-order valence-electron chi connectivity index (χ3n) is 2.27. The molecular weight excluding hydrogens is 191 g/mol. The molecule has 70 valence electrons. The fraction of sp³-hybridized carbons (Fsp3) is 0.333. The van der Waals surface area contributed by atoms with Crippen LogP contribution in [0, 0.1) is 5.82 Å². The van der Waals surface area contributed by atoms with Gasteiger partial charge in [-0.3, -0.25) is 0 Å². The van der Waals surface area contributed by atoms with Crippen molar-refractivity contribution in [1.29, 1.82) is 0 Å². The first-order valence-electron chi connectivity index (χ1n) is 4.17. The number of rotatable bonds is 0. The highest BCUT2D eigenvalue weighted by Crippen LogP contribution is 2.35. The summed E-state index contributed by atoms with van der Waals surface area (Å²) in [6, 6.07) is 2.88. The molecule has 0 fully saturated rings. The Morgan fingerprint density at radius 3 is 3.08 bits per heavy atom. The molecule has 0 aliphatic carbocycles. The van der Waals surface area contributed by atoms with Gasteiger partial charge in [0.25, 0.3) is 0 Å². The number of halogens is 2. The van der Waals surface area contributed by atoms with Crippen LogP contribution in [-0.4, -0.2) is 6.54 Å². The van der Waals surface area contributed by atoms with Crippen molar-refractivity contribution in [2.24, 2.45) is 5.73 Å². The van der Waals surface area contributed by atoms with Gasteiger partial charge in [-0.1, -0.05) is 11.6 Å². The average Bonchev–Trinajstić information content (AvgIpc) is 2.12. The van der Waals surface area contributed by atoms with Crippen LogP contribution in [0.15, 0.2) is 12.1 Å². The molecule has 1 unspecified atom stereocenters. The summed E-state index contributed by atoms with van der Waals surface area (Å²) in [4.78, 5) is 0. The summed E-state index contributed by atoms with van der Waals surface area (Å²) in [6.07, 6.45) is 0.788. The van der Waals surface area contributed by atoms with E-state index in [2.05, 4.69) is 5.32 Å². The summed E-state index contributed by atoms with van der Waals surface area (Å²) in [5.41, 5.74) is 7.38. The van der Waals surface area contributed by atoms with Crippen molar-refractivity contribution in [3.63, 3.8) is 0 Å². The first-order chi connectivity index (χ1) is 6.20. The lowest BCUT2D eigenvalue weighted by atomic mass is 9.98. The van der Waals surface area contributed by atoms with Gasteiger partial charge in [0.15, 0.2) is 0 Å². The van der Waals surface area contributed by atoms with E-state index in [4.69, 9.17) is 17.3 Å². The van der Waals surface area contributed by atoms with Gasteiger partial charge in [0.1, 0.15) is 5.82 Å². The fourth-order valence-corrected chi connectivity index (χ4v) is 1.89. The number of benzene rings is 1. The smallest absolute Gasteiger partial charge is 0.142 e. The highest BCUT2D eigenvalue weighted by Gasteiger charge is 2.21. The molecule has 1 atom stereocenters. The Morgan fingerprint density at radius 2 is 2.31 bits per heavy atom. The van der Waals surface area contributed by atoms with Crippen LogP contribution in [0.1, 0.15) is 18.0 Å². The predicted molar refractivity (Wildman–Crippen MR) is 51.4 cm³/mol. The van der Waals surface area contributed by atoms with Crippen LogP contribution in [0.4, 0.5) is 10.1 Å². The van der Waals surface area contributed by atoms with E-state index in [1.165, 1.54) is 6.07 Å². The van der Waals surface area contributed by atoms with Crippen molar-refractivity contribution in [2.75, 3.05) is 11.9 Å². The second kappa shape index (κ2) is 3.16. The summed E-state index contributed by atoms with van der Waals surface area (Å²) < 4.78 is 13.1. The van der Waals surface area contributed by atoms with E-state index >= 15 is 0 Å². The number of hydrogen-bond acceptors (Lipinski definition) is 2. The van der Waals surface area contributed by atoms with Gasteiger partial charge in [0.05, 0.1) is 5.02 Å². The minimum atomic E-state index is -0.403. The minimum absolute atomic E-state index is 0.150. The van der Waals surface area contributed by atoms with Crippen LogP contribution in [0.5, 0.6) is 0 Å². The van der Waals surface area contributed by atoms with E-state index in [1.54, 1.807) is 6.07 Å². The molecule has 0 saturated carbocycles. The first-order valence-corrected chi connectivity index (χ1v) is 4.55. The second-order valence-electron chi connectivity index (χ2n) is 3.14. The molecule has 0 bridgehead atoms. The van der Waals surface area contributed by atoms with Crippen LogP contribution in [0.25, 0.3) is 0 Å². The molecule has 0 saturated heterocycles. The Bertz CT molecular complexity index is 341. The third kappa shape index (κ3) is 1.38. The van der Waals surface area contributed by atoms with Gasteiger partial charge < -0.3 is 11.1 Å². The molecule has 1 aliphatic heterocycles. The van der Waals surface area contributed by atoms with E-state index in [-0.39, 0.29) is 11.1 Å². The van der Waals surface area contributed by atoms with Crippen LogP contribution in [0.2, 0.25) is 5.02 Å². The molecule has 2 rings (SSSR count). The van der Waals surface area contributed by atoms with Crippen LogP contribution >= 0.6 is 11.6 Å². The monoisotopic (exact) mass is 200 g/mol. The minimum Gasteiger partial charge on any atom is -0.385 e. The molecule has 3 N–H and O–H groups in total. The topological polar surface area (TPSA) is 38.0 Å². The quantitative estimate of drug-likeness (QED) is 0.675. The maximum Gasteiger partial charge on any atom is 0.142 e. The van der Waals surface area contributed by atoms with Gasteiger partial charge in [0.2, 0.25) is 0 Å². The Kier molecular flexibility index (Phi) is 2.14. The maximum atomic E-state index is 13.1. The molecule has 4 heteroatoms. The largest absolute Gasteiger partial charge is 0.385 e. The lowest BCUT2D eigenvalue weighted by Gasteiger charge is -2.24. The normalized spacial score (nSPS) is 20.7. The maximum absolute atomic E-state index is 13.1. The van der Waals surface area contributed by atoms with Gasteiger partial charge in [-0.2, -0.15) is 0 Å². The average molecular weight is 201 g/mol. The molecule has 1 aromatic rings. The van der Waals surface area contributed by atoms with Crippen LogP contribution in [-0.2, 0) is 0 Å². The highest BCUT2D eigenvalue weighted by molar-refractivity contribution is 6.32. The van der Waals surface area contributed by atoms with Crippen molar-refractivity contribution in [3.05, 3.63) is 28.5 Å². The summed E-state index contributed by atoms with van der Waals surface area (Å²) >= 11 is 5.81. The Labute approximate surface area is 80.9 Å². The first kappa shape index (κ1) is 8.78. The molecule has 1 aromatic carbocycles. The van der Waals surface area contributed by atoms with Gasteiger partial charge in [-0.05, 0) is 18.6 Å². The van der Waals surface area contributed by atoms with Crippen LogP contribution < -0.4 is 11.1 Å². The predicted octanol–water partition coefficient (Wildman–Crippen LogP) is 2.29. The Balaban J connectivity index is 2.58. The Hall–Kier alpha value is -0.800. The molecule has 0 spiro atoms. The zero-order chi connectivity index (χ0) is 9.42. The summed E-state index contributed by atoms with van der Waals surface area (Å²) in [7, 11) is 0.